The molecule has 1 unspecified atom stereocenters. The molecular weight excluding hydrogens is 353 g/mol. The van der Waals surface area contributed by atoms with Gasteiger partial charge >= 0.3 is 5.97 Å². The molecule has 0 heterocycles. The van der Waals surface area contributed by atoms with E-state index in [0.717, 1.165) is 0 Å². The van der Waals surface area contributed by atoms with Gasteiger partial charge in [-0.05, 0) is 32.8 Å². The number of ether oxygens (including phenoxy) is 1. The smallest absolute Gasteiger partial charge is 0.307 e. The van der Waals surface area contributed by atoms with Gasteiger partial charge in [0.1, 0.15) is 5.82 Å². The molecule has 0 aliphatic carbocycles. The second-order valence-corrected chi connectivity index (χ2v) is 9.38. The van der Waals surface area contributed by atoms with E-state index in [1.807, 2.05) is 13.8 Å². The summed E-state index contributed by atoms with van der Waals surface area (Å²) in [6.45, 7) is 9.50. The Morgan fingerprint density at radius 1 is 1.38 bits per heavy atom. The second kappa shape index (κ2) is 8.92. The Hall–Kier alpha value is -0.980. The SMILES string of the molecule is CC(C)COC(=O)C[C@@H](NS(=O)C(C)(C)C)c1cccc(Cl)c1F. The lowest BCUT2D eigenvalue weighted by Gasteiger charge is -2.24. The minimum absolute atomic E-state index is 0.0450. The van der Waals surface area contributed by atoms with Crippen LogP contribution in [0.5, 0.6) is 0 Å². The van der Waals surface area contributed by atoms with Crippen molar-refractivity contribution in [2.75, 3.05) is 6.61 Å². The average Bonchev–Trinajstić information content (AvgIpc) is 2.46. The first-order chi connectivity index (χ1) is 11.0. The van der Waals surface area contributed by atoms with Crippen LogP contribution in [0.3, 0.4) is 0 Å². The number of nitrogens with one attached hydrogen (secondary N) is 1. The molecule has 1 rings (SSSR count). The highest BCUT2D eigenvalue weighted by Crippen LogP contribution is 2.27. The second-order valence-electron chi connectivity index (χ2n) is 6.98. The quantitative estimate of drug-likeness (QED) is 0.726. The van der Waals surface area contributed by atoms with Crippen LogP contribution in [0, 0.1) is 11.7 Å². The molecule has 2 atom stereocenters. The zero-order valence-corrected chi connectivity index (χ0v) is 16.3. The highest BCUT2D eigenvalue weighted by molar-refractivity contribution is 7.84. The Morgan fingerprint density at radius 2 is 2.00 bits per heavy atom. The fraction of sp³-hybridized carbons (Fsp3) is 0.588. The van der Waals surface area contributed by atoms with Crippen molar-refractivity contribution in [1.82, 2.24) is 4.72 Å². The van der Waals surface area contributed by atoms with E-state index in [1.54, 1.807) is 26.8 Å². The lowest BCUT2D eigenvalue weighted by molar-refractivity contribution is -0.145. The summed E-state index contributed by atoms with van der Waals surface area (Å²) < 4.78 is 34.2. The van der Waals surface area contributed by atoms with Crippen molar-refractivity contribution in [3.63, 3.8) is 0 Å². The minimum atomic E-state index is -1.48. The molecule has 0 fully saturated rings. The number of hydrogen-bond donors (Lipinski definition) is 1. The van der Waals surface area contributed by atoms with Gasteiger partial charge in [0.25, 0.3) is 0 Å². The first-order valence-corrected chi connectivity index (χ1v) is 9.32. The standard InChI is InChI=1S/C17H25ClFNO3S/c1-11(2)10-23-15(21)9-14(20-24(22)17(3,4)5)12-7-6-8-13(18)16(12)19/h6-8,11,14,20H,9-10H2,1-5H3/t14-,24?/m1/s1. The summed E-state index contributed by atoms with van der Waals surface area (Å²) in [5.74, 6) is -0.905. The Balaban J connectivity index is 3.01. The summed E-state index contributed by atoms with van der Waals surface area (Å²) in [6, 6.07) is 3.75. The summed E-state index contributed by atoms with van der Waals surface area (Å²) in [7, 11) is -1.48. The molecule has 0 saturated heterocycles. The number of hydrogen-bond acceptors (Lipinski definition) is 3. The van der Waals surface area contributed by atoms with Gasteiger partial charge in [0.15, 0.2) is 0 Å². The van der Waals surface area contributed by atoms with E-state index in [4.69, 9.17) is 16.3 Å². The van der Waals surface area contributed by atoms with E-state index >= 15 is 0 Å². The Kier molecular flexibility index (Phi) is 7.83. The molecule has 0 bridgehead atoms. The third kappa shape index (κ3) is 6.49. The molecule has 0 aliphatic heterocycles. The fourth-order valence-corrected chi connectivity index (χ4v) is 2.80. The number of rotatable bonds is 7. The van der Waals surface area contributed by atoms with Gasteiger partial charge in [0.2, 0.25) is 0 Å². The van der Waals surface area contributed by atoms with Crippen LogP contribution in [-0.4, -0.2) is 21.5 Å². The van der Waals surface area contributed by atoms with Crippen molar-refractivity contribution in [3.8, 4) is 0 Å². The summed E-state index contributed by atoms with van der Waals surface area (Å²) in [6.07, 6.45) is -0.133. The van der Waals surface area contributed by atoms with Crippen LogP contribution in [0.2, 0.25) is 5.02 Å². The molecule has 4 nitrogen and oxygen atoms in total. The Bertz CT molecular complexity index is 602. The van der Waals surface area contributed by atoms with Crippen molar-refractivity contribution < 1.29 is 18.1 Å². The maximum Gasteiger partial charge on any atom is 0.307 e. The number of halogens is 2. The van der Waals surface area contributed by atoms with E-state index in [0.29, 0.717) is 0 Å². The average molecular weight is 378 g/mol. The molecule has 136 valence electrons. The first kappa shape index (κ1) is 21.1. The van der Waals surface area contributed by atoms with E-state index in [-0.39, 0.29) is 29.5 Å². The lowest BCUT2D eigenvalue weighted by Crippen LogP contribution is -2.37. The van der Waals surface area contributed by atoms with Crippen molar-refractivity contribution in [2.45, 2.75) is 51.8 Å². The topological polar surface area (TPSA) is 55.4 Å². The number of carbonyl (C=O) groups is 1. The van der Waals surface area contributed by atoms with Crippen LogP contribution >= 0.6 is 11.6 Å². The normalized spacial score (nSPS) is 14.5. The number of esters is 1. The van der Waals surface area contributed by atoms with Gasteiger partial charge < -0.3 is 4.74 Å². The Labute approximate surface area is 150 Å². The lowest BCUT2D eigenvalue weighted by atomic mass is 10.0. The zero-order valence-electron chi connectivity index (χ0n) is 14.7. The van der Waals surface area contributed by atoms with Crippen LogP contribution < -0.4 is 4.72 Å². The predicted molar refractivity (Wildman–Crippen MR) is 95.6 cm³/mol. The molecule has 1 aromatic carbocycles. The van der Waals surface area contributed by atoms with Crippen LogP contribution in [0.1, 0.15) is 52.6 Å². The molecule has 1 aromatic rings. The van der Waals surface area contributed by atoms with Gasteiger partial charge in [-0.15, -0.1) is 0 Å². The summed E-state index contributed by atoms with van der Waals surface area (Å²) >= 11 is 5.83. The molecule has 24 heavy (non-hydrogen) atoms. The van der Waals surface area contributed by atoms with Gasteiger partial charge in [-0.25, -0.2) is 13.3 Å². The number of carbonyl (C=O) groups excluding carboxylic acids is 1. The summed E-state index contributed by atoms with van der Waals surface area (Å²) in [5.41, 5.74) is 0.196. The van der Waals surface area contributed by atoms with Crippen molar-refractivity contribution in [2.24, 2.45) is 5.92 Å². The zero-order chi connectivity index (χ0) is 18.5. The van der Waals surface area contributed by atoms with Crippen LogP contribution in [0.15, 0.2) is 18.2 Å². The molecular formula is C17H25ClFNO3S. The molecule has 0 aliphatic rings. The monoisotopic (exact) mass is 377 g/mol. The molecule has 0 saturated carbocycles. The van der Waals surface area contributed by atoms with Crippen molar-refractivity contribution in [3.05, 3.63) is 34.6 Å². The van der Waals surface area contributed by atoms with Gasteiger partial charge in [0, 0.05) is 5.56 Å². The Morgan fingerprint density at radius 3 is 2.54 bits per heavy atom. The van der Waals surface area contributed by atoms with Gasteiger partial charge in [-0.3, -0.25) is 4.79 Å². The van der Waals surface area contributed by atoms with E-state index in [2.05, 4.69) is 4.72 Å². The first-order valence-electron chi connectivity index (χ1n) is 7.80. The minimum Gasteiger partial charge on any atom is -0.465 e. The molecule has 0 aromatic heterocycles. The van der Waals surface area contributed by atoms with E-state index in [1.165, 1.54) is 12.1 Å². The van der Waals surface area contributed by atoms with Crippen LogP contribution in [-0.2, 0) is 20.5 Å². The summed E-state index contributed by atoms with van der Waals surface area (Å²) in [5, 5.41) is -0.0450. The van der Waals surface area contributed by atoms with Gasteiger partial charge in [-0.1, -0.05) is 37.6 Å². The molecule has 0 radical (unpaired) electrons. The molecule has 0 amide bonds. The summed E-state index contributed by atoms with van der Waals surface area (Å²) in [4.78, 5) is 12.0. The molecule has 7 heteroatoms. The van der Waals surface area contributed by atoms with E-state index in [9.17, 15) is 13.4 Å². The molecule has 0 spiro atoms. The van der Waals surface area contributed by atoms with Crippen molar-refractivity contribution >= 4 is 28.6 Å². The maximum absolute atomic E-state index is 14.3. The third-order valence-electron chi connectivity index (χ3n) is 3.11. The third-order valence-corrected chi connectivity index (χ3v) is 5.01. The molecule has 1 N–H and O–H groups in total. The predicted octanol–water partition coefficient (Wildman–Crippen LogP) is 4.16. The van der Waals surface area contributed by atoms with E-state index < -0.39 is 33.6 Å². The van der Waals surface area contributed by atoms with Crippen LogP contribution in [0.4, 0.5) is 4.39 Å². The highest BCUT2D eigenvalue weighted by Gasteiger charge is 2.27. The van der Waals surface area contributed by atoms with Crippen LogP contribution in [0.25, 0.3) is 0 Å². The van der Waals surface area contributed by atoms with Gasteiger partial charge in [-0.2, -0.15) is 0 Å². The van der Waals surface area contributed by atoms with Crippen molar-refractivity contribution in [1.29, 1.82) is 0 Å². The maximum atomic E-state index is 14.3. The fourth-order valence-electron chi connectivity index (χ4n) is 1.80. The highest BCUT2D eigenvalue weighted by atomic mass is 35.5. The van der Waals surface area contributed by atoms with Gasteiger partial charge in [0.05, 0.1) is 39.8 Å². The number of benzene rings is 1. The largest absolute Gasteiger partial charge is 0.465 e.